The van der Waals surface area contributed by atoms with Crippen LogP contribution in [-0.2, 0) is 4.79 Å². The van der Waals surface area contributed by atoms with E-state index in [0.717, 1.165) is 5.56 Å². The molecule has 3 N–H and O–H groups in total. The summed E-state index contributed by atoms with van der Waals surface area (Å²) in [6.07, 6.45) is -0.790. The Labute approximate surface area is 134 Å². The smallest absolute Gasteiger partial charge is 0.279 e. The maximum absolute atomic E-state index is 11.9. The number of aromatic hydroxyl groups is 1. The molecule has 0 aromatic heterocycles. The van der Waals surface area contributed by atoms with E-state index in [1.165, 1.54) is 12.1 Å². The molecule has 0 bridgehead atoms. The van der Waals surface area contributed by atoms with Crippen LogP contribution in [0.4, 0.5) is 0 Å². The molecule has 0 spiro atoms. The Balaban J connectivity index is 1.89. The minimum Gasteiger partial charge on any atom is -0.507 e. The van der Waals surface area contributed by atoms with Crippen LogP contribution in [0.5, 0.6) is 11.5 Å². The van der Waals surface area contributed by atoms with E-state index in [-0.39, 0.29) is 11.3 Å². The van der Waals surface area contributed by atoms with Crippen LogP contribution in [0.25, 0.3) is 0 Å². The van der Waals surface area contributed by atoms with Crippen LogP contribution in [-0.4, -0.2) is 23.0 Å². The summed E-state index contributed by atoms with van der Waals surface area (Å²) in [6.45, 7) is 3.49. The van der Waals surface area contributed by atoms with Gasteiger partial charge in [-0.3, -0.25) is 20.4 Å². The van der Waals surface area contributed by atoms with Gasteiger partial charge in [0, 0.05) is 0 Å². The number of carbonyl (C=O) groups excluding carboxylic acids is 2. The number of phenolic OH excluding ortho intramolecular Hbond substituents is 1. The number of rotatable bonds is 4. The number of aryl methyl sites for hydroxylation is 1. The third-order valence-corrected chi connectivity index (χ3v) is 3.12. The minimum absolute atomic E-state index is 0.0695. The van der Waals surface area contributed by atoms with Crippen molar-refractivity contribution in [3.05, 3.63) is 59.7 Å². The Morgan fingerprint density at radius 1 is 1.09 bits per heavy atom. The first-order chi connectivity index (χ1) is 11.0. The highest BCUT2D eigenvalue weighted by Crippen LogP contribution is 2.15. The number of ether oxygens (including phenoxy) is 1. The van der Waals surface area contributed by atoms with E-state index >= 15 is 0 Å². The number of amides is 2. The second kappa shape index (κ2) is 7.31. The van der Waals surface area contributed by atoms with Crippen molar-refractivity contribution in [1.82, 2.24) is 10.9 Å². The summed E-state index contributed by atoms with van der Waals surface area (Å²) in [6, 6.07) is 13.4. The first kappa shape index (κ1) is 16.4. The Bertz CT molecular complexity index is 715. The summed E-state index contributed by atoms with van der Waals surface area (Å²) in [5, 5.41) is 9.58. The molecule has 6 nitrogen and oxygen atoms in total. The molecule has 1 atom stereocenters. The monoisotopic (exact) mass is 314 g/mol. The number of benzene rings is 2. The zero-order valence-electron chi connectivity index (χ0n) is 12.9. The number of hydrogen-bond acceptors (Lipinski definition) is 4. The van der Waals surface area contributed by atoms with Crippen LogP contribution < -0.4 is 15.6 Å². The third kappa shape index (κ3) is 4.47. The lowest BCUT2D eigenvalue weighted by Crippen LogP contribution is -2.47. The molecule has 0 aliphatic carbocycles. The van der Waals surface area contributed by atoms with E-state index in [9.17, 15) is 14.7 Å². The minimum atomic E-state index is -0.790. The summed E-state index contributed by atoms with van der Waals surface area (Å²) in [7, 11) is 0. The molecular weight excluding hydrogens is 296 g/mol. The summed E-state index contributed by atoms with van der Waals surface area (Å²) >= 11 is 0. The molecule has 120 valence electrons. The van der Waals surface area contributed by atoms with Gasteiger partial charge in [-0.1, -0.05) is 24.3 Å². The van der Waals surface area contributed by atoms with Crippen LogP contribution in [0.3, 0.4) is 0 Å². The Morgan fingerprint density at radius 2 is 1.83 bits per heavy atom. The van der Waals surface area contributed by atoms with Crippen molar-refractivity contribution in [1.29, 1.82) is 0 Å². The van der Waals surface area contributed by atoms with E-state index in [2.05, 4.69) is 10.9 Å². The quantitative estimate of drug-likeness (QED) is 0.753. The molecule has 0 radical (unpaired) electrons. The van der Waals surface area contributed by atoms with E-state index in [0.29, 0.717) is 5.75 Å². The number of carbonyl (C=O) groups is 2. The summed E-state index contributed by atoms with van der Waals surface area (Å²) in [5.41, 5.74) is 5.59. The molecule has 0 saturated heterocycles. The van der Waals surface area contributed by atoms with Crippen molar-refractivity contribution in [2.75, 3.05) is 0 Å². The molecular formula is C17H18N2O4. The molecule has 0 aliphatic heterocycles. The maximum Gasteiger partial charge on any atom is 0.279 e. The highest BCUT2D eigenvalue weighted by molar-refractivity contribution is 5.97. The van der Waals surface area contributed by atoms with Crippen LogP contribution in [0, 0.1) is 6.92 Å². The fraction of sp³-hybridized carbons (Fsp3) is 0.176. The Kier molecular flexibility index (Phi) is 5.19. The van der Waals surface area contributed by atoms with Gasteiger partial charge in [0.05, 0.1) is 5.56 Å². The second-order valence-corrected chi connectivity index (χ2v) is 5.04. The first-order valence-electron chi connectivity index (χ1n) is 7.09. The summed E-state index contributed by atoms with van der Waals surface area (Å²) < 4.78 is 5.51. The van der Waals surface area contributed by atoms with Crippen molar-refractivity contribution in [3.63, 3.8) is 0 Å². The molecule has 2 aromatic rings. The SMILES string of the molecule is Cc1cccc(OC(C)C(=O)NNC(=O)c2ccccc2O)c1. The van der Waals surface area contributed by atoms with Gasteiger partial charge in [-0.05, 0) is 43.7 Å². The van der Waals surface area contributed by atoms with Crippen LogP contribution in [0.15, 0.2) is 48.5 Å². The number of phenols is 1. The number of hydrazine groups is 1. The van der Waals surface area contributed by atoms with Crippen molar-refractivity contribution >= 4 is 11.8 Å². The Morgan fingerprint density at radius 3 is 2.52 bits per heavy atom. The van der Waals surface area contributed by atoms with Crippen LogP contribution >= 0.6 is 0 Å². The Hall–Kier alpha value is -3.02. The average molecular weight is 314 g/mol. The van der Waals surface area contributed by atoms with Crippen LogP contribution in [0.1, 0.15) is 22.8 Å². The van der Waals surface area contributed by atoms with Crippen molar-refractivity contribution < 1.29 is 19.4 Å². The lowest BCUT2D eigenvalue weighted by molar-refractivity contribution is -0.128. The van der Waals surface area contributed by atoms with E-state index < -0.39 is 17.9 Å². The maximum atomic E-state index is 11.9. The standard InChI is InChI=1S/C17H18N2O4/c1-11-6-5-7-13(10-11)23-12(2)16(21)18-19-17(22)14-8-3-4-9-15(14)20/h3-10,12,20H,1-2H3,(H,18,21)(H,19,22). The predicted octanol–water partition coefficient (Wildman–Crippen LogP) is 1.93. The van der Waals surface area contributed by atoms with Crippen molar-refractivity contribution in [2.45, 2.75) is 20.0 Å². The van der Waals surface area contributed by atoms with Gasteiger partial charge in [0.1, 0.15) is 11.5 Å². The molecule has 0 heterocycles. The molecule has 0 fully saturated rings. The lowest BCUT2D eigenvalue weighted by Gasteiger charge is -2.15. The number of nitrogens with one attached hydrogen (secondary N) is 2. The van der Waals surface area contributed by atoms with Gasteiger partial charge in [0.15, 0.2) is 6.10 Å². The van der Waals surface area contributed by atoms with Gasteiger partial charge in [-0.2, -0.15) is 0 Å². The third-order valence-electron chi connectivity index (χ3n) is 3.12. The molecule has 2 aromatic carbocycles. The topological polar surface area (TPSA) is 87.7 Å². The average Bonchev–Trinajstić information content (AvgIpc) is 2.52. The molecule has 0 saturated carbocycles. The van der Waals surface area contributed by atoms with E-state index in [1.807, 2.05) is 25.1 Å². The normalized spacial score (nSPS) is 11.4. The molecule has 1 unspecified atom stereocenters. The fourth-order valence-electron chi connectivity index (χ4n) is 1.90. The summed E-state index contributed by atoms with van der Waals surface area (Å²) in [5.74, 6) is -0.711. The highest BCUT2D eigenvalue weighted by atomic mass is 16.5. The zero-order chi connectivity index (χ0) is 16.8. The van der Waals surface area contributed by atoms with E-state index in [4.69, 9.17) is 4.74 Å². The summed E-state index contributed by atoms with van der Waals surface area (Å²) in [4.78, 5) is 23.8. The van der Waals surface area contributed by atoms with Gasteiger partial charge in [-0.15, -0.1) is 0 Å². The highest BCUT2D eigenvalue weighted by Gasteiger charge is 2.17. The fourth-order valence-corrected chi connectivity index (χ4v) is 1.90. The van der Waals surface area contributed by atoms with Crippen LogP contribution in [0.2, 0.25) is 0 Å². The first-order valence-corrected chi connectivity index (χ1v) is 7.09. The molecule has 2 rings (SSSR count). The van der Waals surface area contributed by atoms with Gasteiger partial charge in [0.25, 0.3) is 11.8 Å². The second-order valence-electron chi connectivity index (χ2n) is 5.04. The van der Waals surface area contributed by atoms with Gasteiger partial charge in [0.2, 0.25) is 0 Å². The molecule has 23 heavy (non-hydrogen) atoms. The number of para-hydroxylation sites is 1. The largest absolute Gasteiger partial charge is 0.507 e. The van der Waals surface area contributed by atoms with E-state index in [1.54, 1.807) is 25.1 Å². The lowest BCUT2D eigenvalue weighted by atomic mass is 10.2. The molecule has 0 aliphatic rings. The predicted molar refractivity (Wildman–Crippen MR) is 85.0 cm³/mol. The van der Waals surface area contributed by atoms with Gasteiger partial charge < -0.3 is 9.84 Å². The van der Waals surface area contributed by atoms with Gasteiger partial charge in [-0.25, -0.2) is 0 Å². The van der Waals surface area contributed by atoms with Gasteiger partial charge >= 0.3 is 0 Å². The number of hydrogen-bond donors (Lipinski definition) is 3. The zero-order valence-corrected chi connectivity index (χ0v) is 12.9. The van der Waals surface area contributed by atoms with Crippen molar-refractivity contribution in [3.8, 4) is 11.5 Å². The van der Waals surface area contributed by atoms with Crippen molar-refractivity contribution in [2.24, 2.45) is 0 Å². The molecule has 2 amide bonds. The molecule has 6 heteroatoms.